The van der Waals surface area contributed by atoms with E-state index in [0.29, 0.717) is 12.4 Å². The van der Waals surface area contributed by atoms with Gasteiger partial charge in [0.05, 0.1) is 11.0 Å². The summed E-state index contributed by atoms with van der Waals surface area (Å²) < 4.78 is 3.13. The molecule has 2 aromatic carbocycles. The Morgan fingerprint density at radius 1 is 1.14 bits per heavy atom. The maximum Gasteiger partial charge on any atom is 0.141 e. The Kier molecular flexibility index (Phi) is 3.59. The first-order valence-electron chi connectivity index (χ1n) is 6.88. The van der Waals surface area contributed by atoms with Crippen LogP contribution in [-0.4, -0.2) is 14.7 Å². The Labute approximate surface area is 132 Å². The monoisotopic (exact) mass is 344 g/mol. The molecule has 1 N–H and O–H groups in total. The van der Waals surface area contributed by atoms with Crippen molar-refractivity contribution in [3.05, 3.63) is 64.4 Å². The first-order chi connectivity index (χ1) is 9.95. The van der Waals surface area contributed by atoms with E-state index in [0.717, 1.165) is 21.1 Å². The fraction of sp³-hybridized carbons (Fsp3) is 0.235. The van der Waals surface area contributed by atoms with Crippen LogP contribution in [0, 0.1) is 0 Å². The summed E-state index contributed by atoms with van der Waals surface area (Å²) in [5.74, 6) is 0.684. The third-order valence-corrected chi connectivity index (χ3v) is 3.92. The zero-order chi connectivity index (χ0) is 15.0. The van der Waals surface area contributed by atoms with Gasteiger partial charge in [-0.1, -0.05) is 40.2 Å². The SMILES string of the molecule is CC(C)(O)c1nc2ccccc2n1Cc1cccc(Br)c1. The minimum Gasteiger partial charge on any atom is -0.383 e. The topological polar surface area (TPSA) is 38.1 Å². The zero-order valence-electron chi connectivity index (χ0n) is 12.0. The average Bonchev–Trinajstić information content (AvgIpc) is 2.78. The summed E-state index contributed by atoms with van der Waals surface area (Å²) in [4.78, 5) is 4.60. The second-order valence-corrected chi connectivity index (χ2v) is 6.61. The molecule has 0 atom stereocenters. The number of nitrogens with zero attached hydrogens (tertiary/aromatic N) is 2. The van der Waals surface area contributed by atoms with Crippen LogP contribution in [0.25, 0.3) is 11.0 Å². The van der Waals surface area contributed by atoms with Crippen LogP contribution in [0.2, 0.25) is 0 Å². The summed E-state index contributed by atoms with van der Waals surface area (Å²) in [5.41, 5.74) is 2.13. The van der Waals surface area contributed by atoms with Gasteiger partial charge in [0.25, 0.3) is 0 Å². The number of hydrogen-bond acceptors (Lipinski definition) is 2. The van der Waals surface area contributed by atoms with E-state index in [9.17, 15) is 5.11 Å². The molecule has 0 bridgehead atoms. The van der Waals surface area contributed by atoms with E-state index in [2.05, 4.69) is 37.6 Å². The highest BCUT2D eigenvalue weighted by molar-refractivity contribution is 9.10. The third-order valence-electron chi connectivity index (χ3n) is 3.43. The molecule has 3 aromatic rings. The van der Waals surface area contributed by atoms with Crippen LogP contribution in [0.3, 0.4) is 0 Å². The second-order valence-electron chi connectivity index (χ2n) is 5.70. The van der Waals surface area contributed by atoms with Crippen LogP contribution < -0.4 is 0 Å². The van der Waals surface area contributed by atoms with Crippen LogP contribution in [-0.2, 0) is 12.1 Å². The molecule has 21 heavy (non-hydrogen) atoms. The first-order valence-corrected chi connectivity index (χ1v) is 7.67. The molecule has 0 saturated heterocycles. The molecular weight excluding hydrogens is 328 g/mol. The first kappa shape index (κ1) is 14.3. The molecule has 0 aliphatic heterocycles. The van der Waals surface area contributed by atoms with Gasteiger partial charge < -0.3 is 9.67 Å². The Morgan fingerprint density at radius 3 is 2.62 bits per heavy atom. The van der Waals surface area contributed by atoms with E-state index in [1.165, 1.54) is 0 Å². The lowest BCUT2D eigenvalue weighted by molar-refractivity contribution is 0.0657. The molecule has 0 saturated carbocycles. The van der Waals surface area contributed by atoms with Crippen molar-refractivity contribution in [2.75, 3.05) is 0 Å². The number of rotatable bonds is 3. The van der Waals surface area contributed by atoms with Crippen molar-refractivity contribution in [1.82, 2.24) is 9.55 Å². The van der Waals surface area contributed by atoms with Gasteiger partial charge in [-0.2, -0.15) is 0 Å². The second kappa shape index (κ2) is 5.28. The van der Waals surface area contributed by atoms with E-state index < -0.39 is 5.60 Å². The molecule has 0 unspecified atom stereocenters. The molecule has 0 spiro atoms. The quantitative estimate of drug-likeness (QED) is 0.777. The van der Waals surface area contributed by atoms with Gasteiger partial charge in [-0.25, -0.2) is 4.98 Å². The highest BCUT2D eigenvalue weighted by Crippen LogP contribution is 2.26. The van der Waals surface area contributed by atoms with Gasteiger partial charge in [0.15, 0.2) is 0 Å². The van der Waals surface area contributed by atoms with Gasteiger partial charge in [-0.15, -0.1) is 0 Å². The molecule has 108 valence electrons. The highest BCUT2D eigenvalue weighted by Gasteiger charge is 2.24. The summed E-state index contributed by atoms with van der Waals surface area (Å²) in [6.07, 6.45) is 0. The molecule has 0 aliphatic rings. The standard InChI is InChI=1S/C17H17BrN2O/c1-17(2,21)16-19-14-8-3-4-9-15(14)20(16)11-12-6-5-7-13(18)10-12/h3-10,21H,11H2,1-2H3. The molecule has 0 amide bonds. The molecule has 0 radical (unpaired) electrons. The van der Waals surface area contributed by atoms with Crippen molar-refractivity contribution >= 4 is 27.0 Å². The number of fused-ring (bicyclic) bond motifs is 1. The van der Waals surface area contributed by atoms with Crippen molar-refractivity contribution < 1.29 is 5.11 Å². The fourth-order valence-corrected chi connectivity index (χ4v) is 2.97. The number of benzene rings is 2. The van der Waals surface area contributed by atoms with Crippen LogP contribution in [0.5, 0.6) is 0 Å². The van der Waals surface area contributed by atoms with E-state index in [-0.39, 0.29) is 0 Å². The van der Waals surface area contributed by atoms with Crippen LogP contribution in [0.15, 0.2) is 53.0 Å². The molecule has 0 fully saturated rings. The van der Waals surface area contributed by atoms with Crippen molar-refractivity contribution in [3.8, 4) is 0 Å². The number of imidazole rings is 1. The van der Waals surface area contributed by atoms with Crippen molar-refractivity contribution in [1.29, 1.82) is 0 Å². The molecule has 3 nitrogen and oxygen atoms in total. The number of aliphatic hydroxyl groups is 1. The lowest BCUT2D eigenvalue weighted by atomic mass is 10.1. The number of aromatic nitrogens is 2. The van der Waals surface area contributed by atoms with Gasteiger partial charge in [0.2, 0.25) is 0 Å². The number of para-hydroxylation sites is 2. The van der Waals surface area contributed by atoms with Crippen molar-refractivity contribution in [3.63, 3.8) is 0 Å². The van der Waals surface area contributed by atoms with Gasteiger partial charge in [-0.05, 0) is 43.7 Å². The highest BCUT2D eigenvalue weighted by atomic mass is 79.9. The Bertz CT molecular complexity index is 787. The van der Waals surface area contributed by atoms with Crippen molar-refractivity contribution in [2.24, 2.45) is 0 Å². The van der Waals surface area contributed by atoms with Gasteiger partial charge in [0.1, 0.15) is 11.4 Å². The average molecular weight is 345 g/mol. The van der Waals surface area contributed by atoms with Gasteiger partial charge >= 0.3 is 0 Å². The zero-order valence-corrected chi connectivity index (χ0v) is 13.6. The predicted octanol–water partition coefficient (Wildman–Crippen LogP) is 4.07. The van der Waals surface area contributed by atoms with E-state index >= 15 is 0 Å². The van der Waals surface area contributed by atoms with Crippen LogP contribution >= 0.6 is 15.9 Å². The van der Waals surface area contributed by atoms with Gasteiger partial charge in [-0.3, -0.25) is 0 Å². The van der Waals surface area contributed by atoms with E-state index in [4.69, 9.17) is 0 Å². The van der Waals surface area contributed by atoms with Crippen molar-refractivity contribution in [2.45, 2.75) is 26.0 Å². The molecule has 0 aliphatic carbocycles. The number of hydrogen-bond donors (Lipinski definition) is 1. The predicted molar refractivity (Wildman–Crippen MR) is 88.2 cm³/mol. The molecule has 1 heterocycles. The number of halogens is 1. The van der Waals surface area contributed by atoms with Crippen LogP contribution in [0.1, 0.15) is 25.2 Å². The maximum absolute atomic E-state index is 10.4. The maximum atomic E-state index is 10.4. The lowest BCUT2D eigenvalue weighted by Gasteiger charge is -2.19. The molecule has 1 aromatic heterocycles. The minimum absolute atomic E-state index is 0.680. The molecule has 3 rings (SSSR count). The van der Waals surface area contributed by atoms with E-state index in [1.54, 1.807) is 13.8 Å². The van der Waals surface area contributed by atoms with Gasteiger partial charge in [0, 0.05) is 11.0 Å². The smallest absolute Gasteiger partial charge is 0.141 e. The summed E-state index contributed by atoms with van der Waals surface area (Å²) >= 11 is 3.50. The minimum atomic E-state index is -0.981. The summed E-state index contributed by atoms with van der Waals surface area (Å²) in [5, 5.41) is 10.4. The summed E-state index contributed by atoms with van der Waals surface area (Å²) in [6.45, 7) is 4.22. The lowest BCUT2D eigenvalue weighted by Crippen LogP contribution is -2.22. The summed E-state index contributed by atoms with van der Waals surface area (Å²) in [6, 6.07) is 16.2. The van der Waals surface area contributed by atoms with Crippen LogP contribution in [0.4, 0.5) is 0 Å². The largest absolute Gasteiger partial charge is 0.383 e. The molecule has 4 heteroatoms. The third kappa shape index (κ3) is 2.87. The van der Waals surface area contributed by atoms with E-state index in [1.807, 2.05) is 36.4 Å². The Balaban J connectivity index is 2.15. The normalized spacial score (nSPS) is 12.0. The summed E-state index contributed by atoms with van der Waals surface area (Å²) in [7, 11) is 0. The molecular formula is C17H17BrN2O. The fourth-order valence-electron chi connectivity index (χ4n) is 2.52. The Hall–Kier alpha value is -1.65. The Morgan fingerprint density at radius 2 is 1.90 bits per heavy atom.